The number of carbonyl (C=O) groups is 1. The van der Waals surface area contributed by atoms with Crippen molar-refractivity contribution < 1.29 is 17.6 Å². The molecule has 128 valence electrons. The summed E-state index contributed by atoms with van der Waals surface area (Å²) in [5.74, 6) is -1.49. The van der Waals surface area contributed by atoms with Crippen LogP contribution in [0.2, 0.25) is 5.02 Å². The van der Waals surface area contributed by atoms with Crippen molar-refractivity contribution >= 4 is 33.2 Å². The first-order valence-electron chi connectivity index (χ1n) is 6.85. The van der Waals surface area contributed by atoms with Crippen LogP contribution >= 0.6 is 11.6 Å². The molecule has 25 heavy (non-hydrogen) atoms. The maximum absolute atomic E-state index is 13.8. The topological polar surface area (TPSA) is 94.0 Å². The Labute approximate surface area is 147 Å². The number of carbonyl (C=O) groups excluding carboxylic acids is 1. The second-order valence-electron chi connectivity index (χ2n) is 4.85. The molecule has 3 aromatic rings. The van der Waals surface area contributed by atoms with Gasteiger partial charge in [0.05, 0.1) is 18.1 Å². The highest BCUT2D eigenvalue weighted by Crippen LogP contribution is 2.22. The van der Waals surface area contributed by atoms with Gasteiger partial charge in [0.1, 0.15) is 16.4 Å². The molecule has 0 saturated carbocycles. The molecule has 0 aliphatic heterocycles. The maximum atomic E-state index is 13.8. The number of hydrogen-bond donors (Lipinski definition) is 1. The Bertz CT molecular complexity index is 1040. The lowest BCUT2D eigenvalue weighted by Gasteiger charge is -2.06. The largest absolute Gasteiger partial charge is 0.318 e. The maximum Gasteiger partial charge on any atom is 0.285 e. The first kappa shape index (κ1) is 17.1. The summed E-state index contributed by atoms with van der Waals surface area (Å²) in [4.78, 5) is 15.3. The molecule has 1 N–H and O–H groups in total. The number of nitrogens with zero attached hydrogens (tertiary/aromatic N) is 3. The van der Waals surface area contributed by atoms with Crippen LogP contribution in [0.15, 0.2) is 59.9 Å². The molecule has 0 aliphatic rings. The summed E-state index contributed by atoms with van der Waals surface area (Å²) in [5, 5.41) is 6.19. The lowest BCUT2D eigenvalue weighted by atomic mass is 10.3. The smallest absolute Gasteiger partial charge is 0.285 e. The first-order valence-corrected chi connectivity index (χ1v) is 8.67. The van der Waals surface area contributed by atoms with E-state index in [1.807, 2.05) is 0 Å². The predicted molar refractivity (Wildman–Crippen MR) is 88.4 cm³/mol. The fourth-order valence-electron chi connectivity index (χ4n) is 1.97. The number of benzene rings is 1. The van der Waals surface area contributed by atoms with Crippen molar-refractivity contribution in [1.29, 1.82) is 0 Å². The Morgan fingerprint density at radius 1 is 1.24 bits per heavy atom. The zero-order valence-corrected chi connectivity index (χ0v) is 14.0. The standard InChI is InChI=1S/C15H10ClFN4O3S/c16-10-4-5-12(17)14(7-10)25(23,24)21-9-11(8-19-21)20-15(22)13-3-1-2-6-18-13/h1-9H,(H,20,22). The van der Waals surface area contributed by atoms with Gasteiger partial charge in [0, 0.05) is 11.2 Å². The Balaban J connectivity index is 1.88. The molecule has 0 atom stereocenters. The van der Waals surface area contributed by atoms with E-state index in [9.17, 15) is 17.6 Å². The average molecular weight is 381 g/mol. The van der Waals surface area contributed by atoms with Crippen LogP contribution in [0.5, 0.6) is 0 Å². The summed E-state index contributed by atoms with van der Waals surface area (Å²) in [6, 6.07) is 7.95. The fraction of sp³-hybridized carbons (Fsp3) is 0. The van der Waals surface area contributed by atoms with Crippen molar-refractivity contribution in [3.8, 4) is 0 Å². The van der Waals surface area contributed by atoms with Crippen molar-refractivity contribution in [3.63, 3.8) is 0 Å². The molecule has 0 aliphatic carbocycles. The monoisotopic (exact) mass is 380 g/mol. The van der Waals surface area contributed by atoms with E-state index in [0.29, 0.717) is 4.09 Å². The number of amides is 1. The van der Waals surface area contributed by atoms with Gasteiger partial charge >= 0.3 is 0 Å². The summed E-state index contributed by atoms with van der Waals surface area (Å²) in [6.07, 6.45) is 3.63. The molecule has 0 unspecified atom stereocenters. The zero-order valence-electron chi connectivity index (χ0n) is 12.4. The molecular formula is C15H10ClFN4O3S. The number of nitrogens with one attached hydrogen (secondary N) is 1. The molecule has 1 amide bonds. The van der Waals surface area contributed by atoms with Crippen molar-refractivity contribution in [2.75, 3.05) is 5.32 Å². The number of hydrogen-bond acceptors (Lipinski definition) is 5. The highest BCUT2D eigenvalue weighted by atomic mass is 35.5. The second-order valence-corrected chi connectivity index (χ2v) is 7.05. The van der Waals surface area contributed by atoms with Gasteiger partial charge in [-0.25, -0.2) is 4.39 Å². The van der Waals surface area contributed by atoms with Gasteiger partial charge in [-0.2, -0.15) is 17.6 Å². The van der Waals surface area contributed by atoms with Gasteiger partial charge in [0.2, 0.25) is 0 Å². The Morgan fingerprint density at radius 3 is 2.76 bits per heavy atom. The summed E-state index contributed by atoms with van der Waals surface area (Å²) in [6.45, 7) is 0. The summed E-state index contributed by atoms with van der Waals surface area (Å²) >= 11 is 5.73. The van der Waals surface area contributed by atoms with Gasteiger partial charge in [-0.1, -0.05) is 17.7 Å². The van der Waals surface area contributed by atoms with Gasteiger partial charge in [-0.15, -0.1) is 0 Å². The van der Waals surface area contributed by atoms with Crippen LogP contribution in [0.1, 0.15) is 10.5 Å². The van der Waals surface area contributed by atoms with Crippen LogP contribution in [0, 0.1) is 5.82 Å². The van der Waals surface area contributed by atoms with Crippen LogP contribution in [-0.4, -0.2) is 28.5 Å². The molecule has 0 fully saturated rings. The minimum absolute atomic E-state index is 0.0656. The minimum atomic E-state index is -4.29. The summed E-state index contributed by atoms with van der Waals surface area (Å²) < 4.78 is 39.3. The third-order valence-electron chi connectivity index (χ3n) is 3.13. The molecule has 3 rings (SSSR count). The van der Waals surface area contributed by atoms with E-state index in [1.54, 1.807) is 12.1 Å². The number of pyridine rings is 1. The van der Waals surface area contributed by atoms with Crippen molar-refractivity contribution in [2.24, 2.45) is 0 Å². The van der Waals surface area contributed by atoms with E-state index in [1.165, 1.54) is 18.3 Å². The van der Waals surface area contributed by atoms with Crippen molar-refractivity contribution in [3.05, 3.63) is 71.5 Å². The fourth-order valence-corrected chi connectivity index (χ4v) is 3.42. The summed E-state index contributed by atoms with van der Waals surface area (Å²) in [5.41, 5.74) is 0.264. The third kappa shape index (κ3) is 3.52. The van der Waals surface area contributed by atoms with Gasteiger partial charge in [-0.05, 0) is 30.3 Å². The first-order chi connectivity index (χ1) is 11.9. The average Bonchev–Trinajstić information content (AvgIpc) is 3.07. The molecule has 10 heteroatoms. The van der Waals surface area contributed by atoms with Crippen LogP contribution in [0.25, 0.3) is 0 Å². The second kappa shape index (κ2) is 6.61. The lowest BCUT2D eigenvalue weighted by molar-refractivity contribution is 0.102. The summed E-state index contributed by atoms with van der Waals surface area (Å²) in [7, 11) is -4.29. The molecule has 0 spiro atoms. The Hall–Kier alpha value is -2.78. The van der Waals surface area contributed by atoms with Crippen LogP contribution in [0.3, 0.4) is 0 Å². The van der Waals surface area contributed by atoms with Gasteiger partial charge in [0.15, 0.2) is 0 Å². The van der Waals surface area contributed by atoms with E-state index >= 15 is 0 Å². The van der Waals surface area contributed by atoms with Gasteiger partial charge in [0.25, 0.3) is 15.9 Å². The quantitative estimate of drug-likeness (QED) is 0.750. The Morgan fingerprint density at radius 2 is 2.04 bits per heavy atom. The number of halogens is 2. The molecular weight excluding hydrogens is 371 g/mol. The van der Waals surface area contributed by atoms with Crippen LogP contribution in [-0.2, 0) is 10.0 Å². The number of aromatic nitrogens is 3. The van der Waals surface area contributed by atoms with Crippen molar-refractivity contribution in [1.82, 2.24) is 14.2 Å². The van der Waals surface area contributed by atoms with Gasteiger partial charge in [-0.3, -0.25) is 9.78 Å². The molecule has 1 aromatic carbocycles. The van der Waals surface area contributed by atoms with Crippen molar-refractivity contribution in [2.45, 2.75) is 4.90 Å². The molecule has 0 saturated heterocycles. The highest BCUT2D eigenvalue weighted by molar-refractivity contribution is 7.89. The number of anilines is 1. The lowest BCUT2D eigenvalue weighted by Crippen LogP contribution is -2.15. The molecule has 7 nitrogen and oxygen atoms in total. The van der Waals surface area contributed by atoms with Crippen LogP contribution in [0.4, 0.5) is 10.1 Å². The van der Waals surface area contributed by atoms with E-state index in [2.05, 4.69) is 15.4 Å². The predicted octanol–water partition coefficient (Wildman–Crippen LogP) is 2.56. The zero-order chi connectivity index (χ0) is 18.0. The van der Waals surface area contributed by atoms with Gasteiger partial charge < -0.3 is 5.32 Å². The normalized spacial score (nSPS) is 11.3. The molecule has 2 aromatic heterocycles. The molecule has 0 radical (unpaired) electrons. The van der Waals surface area contributed by atoms with E-state index < -0.39 is 26.6 Å². The molecule has 2 heterocycles. The highest BCUT2D eigenvalue weighted by Gasteiger charge is 2.23. The Kier molecular flexibility index (Phi) is 4.51. The minimum Gasteiger partial charge on any atom is -0.318 e. The SMILES string of the molecule is O=C(Nc1cnn(S(=O)(=O)c2cc(Cl)ccc2F)c1)c1ccccn1. The van der Waals surface area contributed by atoms with Crippen LogP contribution < -0.4 is 5.32 Å². The number of rotatable bonds is 4. The third-order valence-corrected chi connectivity index (χ3v) is 4.93. The molecule has 0 bridgehead atoms. The van der Waals surface area contributed by atoms with E-state index in [4.69, 9.17) is 11.6 Å². The van der Waals surface area contributed by atoms with E-state index in [-0.39, 0.29) is 16.4 Å². The van der Waals surface area contributed by atoms with E-state index in [0.717, 1.165) is 24.5 Å².